The molecule has 5 heteroatoms. The highest BCUT2D eigenvalue weighted by molar-refractivity contribution is 6.02. The van der Waals surface area contributed by atoms with Crippen molar-refractivity contribution in [3.8, 4) is 0 Å². The number of Topliss-reactive ketones (excluding diaryl/α,β-unsaturated/α-hetero) is 1. The number of amides is 1. The lowest BCUT2D eigenvalue weighted by Crippen LogP contribution is -2.39. The van der Waals surface area contributed by atoms with E-state index in [1.807, 2.05) is 55.5 Å². The second-order valence-electron chi connectivity index (χ2n) is 7.68. The Labute approximate surface area is 177 Å². The summed E-state index contributed by atoms with van der Waals surface area (Å²) in [6.07, 6.45) is 3.44. The average Bonchev–Trinajstić information content (AvgIpc) is 3.14. The molecule has 154 valence electrons. The third-order valence-electron chi connectivity index (χ3n) is 5.37. The molecule has 0 radical (unpaired) electrons. The molecule has 30 heavy (non-hydrogen) atoms. The maximum Gasteiger partial charge on any atom is 0.248 e. The zero-order chi connectivity index (χ0) is 21.7. The van der Waals surface area contributed by atoms with Gasteiger partial charge in [0, 0.05) is 17.6 Å². The van der Waals surface area contributed by atoms with Crippen LogP contribution >= 0.6 is 0 Å². The molecule has 5 nitrogen and oxygen atoms in total. The van der Waals surface area contributed by atoms with Crippen LogP contribution in [-0.4, -0.2) is 23.6 Å². The van der Waals surface area contributed by atoms with Crippen molar-refractivity contribution in [1.82, 2.24) is 5.32 Å². The average molecular weight is 402 g/mol. The van der Waals surface area contributed by atoms with Gasteiger partial charge in [-0.25, -0.2) is 0 Å². The van der Waals surface area contributed by atoms with E-state index < -0.39 is 6.04 Å². The number of hydrogen-bond acceptors (Lipinski definition) is 3. The van der Waals surface area contributed by atoms with E-state index in [1.54, 1.807) is 19.1 Å². The van der Waals surface area contributed by atoms with E-state index in [4.69, 9.17) is 11.1 Å². The van der Waals surface area contributed by atoms with Crippen molar-refractivity contribution in [2.45, 2.75) is 39.2 Å². The molecule has 0 saturated carbocycles. The van der Waals surface area contributed by atoms with Crippen LogP contribution in [0.15, 0.2) is 71.8 Å². The maximum absolute atomic E-state index is 12.7. The zero-order valence-electron chi connectivity index (χ0n) is 17.4. The topological polar surface area (TPSA) is 96.0 Å². The molecule has 4 N–H and O–H groups in total. The summed E-state index contributed by atoms with van der Waals surface area (Å²) in [6.45, 7) is 3.76. The molecule has 0 spiro atoms. The second kappa shape index (κ2) is 9.35. The van der Waals surface area contributed by atoms with Crippen LogP contribution in [0, 0.1) is 5.41 Å². The third-order valence-corrected chi connectivity index (χ3v) is 5.37. The van der Waals surface area contributed by atoms with E-state index in [-0.39, 0.29) is 17.5 Å². The number of carbonyl (C=O) groups excluding carboxylic acids is 2. The summed E-state index contributed by atoms with van der Waals surface area (Å²) in [6, 6.07) is 16.8. The van der Waals surface area contributed by atoms with Crippen LogP contribution in [-0.2, 0) is 16.0 Å². The van der Waals surface area contributed by atoms with Crippen LogP contribution in [0.2, 0.25) is 0 Å². The Kier molecular flexibility index (Phi) is 6.62. The van der Waals surface area contributed by atoms with Crippen molar-refractivity contribution in [3.63, 3.8) is 0 Å². The lowest BCUT2D eigenvalue weighted by atomic mass is 10.0. The Morgan fingerprint density at radius 1 is 1.10 bits per heavy atom. The molecule has 1 atom stereocenters. The minimum Gasteiger partial charge on any atom is -0.384 e. The summed E-state index contributed by atoms with van der Waals surface area (Å²) >= 11 is 0. The highest BCUT2D eigenvalue weighted by Gasteiger charge is 2.22. The second-order valence-corrected chi connectivity index (χ2v) is 7.68. The smallest absolute Gasteiger partial charge is 0.248 e. The largest absolute Gasteiger partial charge is 0.384 e. The monoisotopic (exact) mass is 401 g/mol. The van der Waals surface area contributed by atoms with Crippen molar-refractivity contribution < 1.29 is 9.59 Å². The van der Waals surface area contributed by atoms with E-state index in [2.05, 4.69) is 5.32 Å². The molecular formula is C25H27N3O2. The highest BCUT2D eigenvalue weighted by Crippen LogP contribution is 2.32. The minimum absolute atomic E-state index is 0.00875. The summed E-state index contributed by atoms with van der Waals surface area (Å²) in [4.78, 5) is 25.2. The number of nitrogen functional groups attached to an aromatic ring is 1. The number of carbonyl (C=O) groups is 2. The first kappa shape index (κ1) is 21.2. The number of ketones is 1. The quantitative estimate of drug-likeness (QED) is 0.464. The summed E-state index contributed by atoms with van der Waals surface area (Å²) in [5, 5.41) is 10.3. The van der Waals surface area contributed by atoms with Crippen LogP contribution in [0.1, 0.15) is 43.4 Å². The molecule has 2 aromatic carbocycles. The van der Waals surface area contributed by atoms with Crippen LogP contribution in [0.4, 0.5) is 0 Å². The minimum atomic E-state index is -0.545. The number of benzene rings is 2. The van der Waals surface area contributed by atoms with Crippen LogP contribution < -0.4 is 11.1 Å². The van der Waals surface area contributed by atoms with Crippen LogP contribution in [0.3, 0.4) is 0 Å². The van der Waals surface area contributed by atoms with Crippen LogP contribution in [0.25, 0.3) is 5.57 Å². The first-order chi connectivity index (χ1) is 14.3. The Bertz CT molecular complexity index is 1020. The van der Waals surface area contributed by atoms with Gasteiger partial charge in [-0.15, -0.1) is 0 Å². The molecule has 0 bridgehead atoms. The van der Waals surface area contributed by atoms with Gasteiger partial charge in [-0.05, 0) is 49.5 Å². The van der Waals surface area contributed by atoms with Gasteiger partial charge in [0.05, 0.1) is 6.04 Å². The normalized spacial score (nSPS) is 14.3. The van der Waals surface area contributed by atoms with Crippen molar-refractivity contribution in [2.24, 2.45) is 5.73 Å². The number of amidine groups is 1. The molecule has 1 aliphatic carbocycles. The van der Waals surface area contributed by atoms with E-state index in [1.165, 1.54) is 0 Å². The number of nitrogens with one attached hydrogen (secondary N) is 2. The molecule has 2 aromatic rings. The van der Waals surface area contributed by atoms with Crippen molar-refractivity contribution in [3.05, 3.63) is 88.5 Å². The fourth-order valence-electron chi connectivity index (χ4n) is 3.53. The summed E-state index contributed by atoms with van der Waals surface area (Å²) in [7, 11) is 0. The standard InChI is InChI=1S/C25H27N3O2/c1-16-14-21(15-22(16)19-6-4-3-5-7-19)25(30)28-17(2)23(29)13-10-18-8-11-20(12-9-18)24(26)27/h3-9,11-12,15,17H,10,13-14H2,1-2H3,(H3,26,27)(H,28,30)/t17-/m0/s1. The number of aryl methyl sites for hydroxylation is 1. The molecule has 0 unspecified atom stereocenters. The number of allylic oxidation sites excluding steroid dienone is 3. The molecule has 0 heterocycles. The van der Waals surface area contributed by atoms with Gasteiger partial charge in [-0.1, -0.05) is 60.2 Å². The summed E-state index contributed by atoms with van der Waals surface area (Å²) in [5.74, 6) is -0.173. The van der Waals surface area contributed by atoms with Crippen molar-refractivity contribution >= 4 is 23.1 Å². The van der Waals surface area contributed by atoms with Gasteiger partial charge in [-0.2, -0.15) is 0 Å². The molecule has 1 amide bonds. The first-order valence-electron chi connectivity index (χ1n) is 10.1. The van der Waals surface area contributed by atoms with Gasteiger partial charge in [0.25, 0.3) is 0 Å². The van der Waals surface area contributed by atoms with Gasteiger partial charge < -0.3 is 11.1 Å². The Balaban J connectivity index is 1.54. The van der Waals surface area contributed by atoms with E-state index in [0.717, 1.165) is 22.3 Å². The Morgan fingerprint density at radius 2 is 1.77 bits per heavy atom. The third kappa shape index (κ3) is 5.11. The van der Waals surface area contributed by atoms with Crippen molar-refractivity contribution in [1.29, 1.82) is 5.41 Å². The summed E-state index contributed by atoms with van der Waals surface area (Å²) in [5.41, 5.74) is 11.1. The van der Waals surface area contributed by atoms with Gasteiger partial charge in [0.1, 0.15) is 5.84 Å². The number of nitrogens with two attached hydrogens (primary N) is 1. The fourth-order valence-corrected chi connectivity index (χ4v) is 3.53. The molecule has 0 saturated heterocycles. The van der Waals surface area contributed by atoms with E-state index in [9.17, 15) is 9.59 Å². The molecule has 0 aliphatic heterocycles. The summed E-state index contributed by atoms with van der Waals surface area (Å²) < 4.78 is 0. The molecule has 3 rings (SSSR count). The van der Waals surface area contributed by atoms with E-state index >= 15 is 0 Å². The predicted octanol–water partition coefficient (Wildman–Crippen LogP) is 3.78. The van der Waals surface area contributed by atoms with Gasteiger partial charge in [0.15, 0.2) is 5.78 Å². The molecule has 1 aliphatic rings. The predicted molar refractivity (Wildman–Crippen MR) is 120 cm³/mol. The lowest BCUT2D eigenvalue weighted by molar-refractivity contribution is -0.125. The van der Waals surface area contributed by atoms with E-state index in [0.29, 0.717) is 30.4 Å². The number of hydrogen-bond donors (Lipinski definition) is 3. The van der Waals surface area contributed by atoms with Crippen molar-refractivity contribution in [2.75, 3.05) is 0 Å². The maximum atomic E-state index is 12.7. The van der Waals surface area contributed by atoms with Gasteiger partial charge in [0.2, 0.25) is 5.91 Å². The van der Waals surface area contributed by atoms with Crippen LogP contribution in [0.5, 0.6) is 0 Å². The SMILES string of the molecule is CC1=C(c2ccccc2)C=C(C(=O)N[C@@H](C)C(=O)CCc2ccc(C(=N)N)cc2)C1. The zero-order valence-corrected chi connectivity index (χ0v) is 17.4. The molecular weight excluding hydrogens is 374 g/mol. The number of rotatable bonds is 8. The van der Waals surface area contributed by atoms with Gasteiger partial charge >= 0.3 is 0 Å². The van der Waals surface area contributed by atoms with Gasteiger partial charge in [-0.3, -0.25) is 15.0 Å². The molecule has 0 aromatic heterocycles. The fraction of sp³-hybridized carbons (Fsp3) is 0.240. The Morgan fingerprint density at radius 3 is 2.40 bits per heavy atom. The highest BCUT2D eigenvalue weighted by atomic mass is 16.2. The molecule has 0 fully saturated rings. The Hall–Kier alpha value is -3.47. The lowest BCUT2D eigenvalue weighted by Gasteiger charge is -2.13. The first-order valence-corrected chi connectivity index (χ1v) is 10.1.